The molecule has 1 aromatic rings. The molecule has 1 rings (SSSR count). The predicted octanol–water partition coefficient (Wildman–Crippen LogP) is 3.10. The molecule has 1 atom stereocenters. The van der Waals surface area contributed by atoms with Gasteiger partial charge in [-0.25, -0.2) is 13.2 Å². The fourth-order valence-electron chi connectivity index (χ4n) is 1.22. The first-order valence-electron chi connectivity index (χ1n) is 5.40. The van der Waals surface area contributed by atoms with Crippen LogP contribution in [-0.2, 0) is 0 Å². The van der Waals surface area contributed by atoms with E-state index in [0.29, 0.717) is 6.07 Å². The van der Waals surface area contributed by atoms with E-state index in [1.165, 1.54) is 0 Å². The Balaban J connectivity index is 2.77. The summed E-state index contributed by atoms with van der Waals surface area (Å²) >= 11 is 5.90. The molecule has 0 saturated heterocycles. The van der Waals surface area contributed by atoms with Crippen molar-refractivity contribution in [3.8, 4) is 0 Å². The van der Waals surface area contributed by atoms with Crippen LogP contribution >= 0.6 is 11.6 Å². The van der Waals surface area contributed by atoms with E-state index >= 15 is 0 Å². The van der Waals surface area contributed by atoms with Gasteiger partial charge >= 0.3 is 0 Å². The fraction of sp³-hybridized carbons (Fsp3) is 0.417. The molecular weight excluding hydrogens is 267 g/mol. The van der Waals surface area contributed by atoms with Gasteiger partial charge in [-0.3, -0.25) is 4.79 Å². The van der Waals surface area contributed by atoms with Gasteiger partial charge < -0.3 is 5.32 Å². The van der Waals surface area contributed by atoms with Crippen molar-refractivity contribution >= 4 is 17.5 Å². The Morgan fingerprint density at radius 2 is 1.89 bits per heavy atom. The largest absolute Gasteiger partial charge is 0.350 e. The molecule has 18 heavy (non-hydrogen) atoms. The number of nitrogens with one attached hydrogen (secondary N) is 1. The molecule has 6 heteroatoms. The van der Waals surface area contributed by atoms with E-state index in [9.17, 15) is 18.0 Å². The number of halogens is 4. The summed E-state index contributed by atoms with van der Waals surface area (Å²) in [4.78, 5) is 11.6. The second kappa shape index (κ2) is 6.09. The van der Waals surface area contributed by atoms with Gasteiger partial charge in [-0.2, -0.15) is 0 Å². The van der Waals surface area contributed by atoms with Gasteiger partial charge in [-0.15, -0.1) is 11.6 Å². The minimum atomic E-state index is -1.66. The van der Waals surface area contributed by atoms with Crippen molar-refractivity contribution in [3.05, 3.63) is 35.1 Å². The number of carbonyl (C=O) groups excluding carboxylic acids is 1. The Morgan fingerprint density at radius 3 is 2.44 bits per heavy atom. The minimum Gasteiger partial charge on any atom is -0.350 e. The van der Waals surface area contributed by atoms with Crippen molar-refractivity contribution in [2.24, 2.45) is 5.92 Å². The van der Waals surface area contributed by atoms with E-state index in [0.717, 1.165) is 6.07 Å². The van der Waals surface area contributed by atoms with Crippen LogP contribution in [0.4, 0.5) is 13.2 Å². The van der Waals surface area contributed by atoms with Gasteiger partial charge in [0, 0.05) is 6.54 Å². The zero-order valence-corrected chi connectivity index (χ0v) is 10.7. The first-order chi connectivity index (χ1) is 8.34. The Hall–Kier alpha value is -1.23. The SMILES string of the molecule is CC(C)C(Cl)CNC(=O)c1ccc(F)c(F)c1F. The molecule has 0 aliphatic rings. The van der Waals surface area contributed by atoms with Gasteiger partial charge in [0.2, 0.25) is 0 Å². The third kappa shape index (κ3) is 3.38. The van der Waals surface area contributed by atoms with Gasteiger partial charge in [0.25, 0.3) is 5.91 Å². The second-order valence-electron chi connectivity index (χ2n) is 4.19. The number of alkyl halides is 1. The highest BCUT2D eigenvalue weighted by Crippen LogP contribution is 2.15. The lowest BCUT2D eigenvalue weighted by atomic mass is 10.1. The molecule has 1 amide bonds. The summed E-state index contributed by atoms with van der Waals surface area (Å²) in [5.74, 6) is -5.18. The Labute approximate surface area is 108 Å². The number of hydrogen-bond acceptors (Lipinski definition) is 1. The summed E-state index contributed by atoms with van der Waals surface area (Å²) in [5, 5.41) is 2.05. The molecule has 0 heterocycles. The zero-order valence-electron chi connectivity index (χ0n) is 9.94. The first kappa shape index (κ1) is 14.8. The molecule has 0 radical (unpaired) electrons. The van der Waals surface area contributed by atoms with Gasteiger partial charge in [-0.05, 0) is 18.1 Å². The summed E-state index contributed by atoms with van der Waals surface area (Å²) in [6, 6.07) is 1.59. The molecule has 1 N–H and O–H groups in total. The molecule has 1 aromatic carbocycles. The molecule has 0 aromatic heterocycles. The Kier molecular flexibility index (Phi) is 5.02. The van der Waals surface area contributed by atoms with Crippen LogP contribution in [0.3, 0.4) is 0 Å². The van der Waals surface area contributed by atoms with Crippen LogP contribution in [0, 0.1) is 23.4 Å². The van der Waals surface area contributed by atoms with Crippen LogP contribution in [0.15, 0.2) is 12.1 Å². The van der Waals surface area contributed by atoms with Crippen LogP contribution in [-0.4, -0.2) is 17.8 Å². The van der Waals surface area contributed by atoms with Crippen LogP contribution in [0.25, 0.3) is 0 Å². The first-order valence-corrected chi connectivity index (χ1v) is 5.84. The second-order valence-corrected chi connectivity index (χ2v) is 4.75. The molecule has 0 saturated carbocycles. The lowest BCUT2D eigenvalue weighted by Gasteiger charge is -2.14. The maximum atomic E-state index is 13.3. The summed E-state index contributed by atoms with van der Waals surface area (Å²) in [6.45, 7) is 3.85. The molecule has 100 valence electrons. The normalized spacial score (nSPS) is 12.6. The quantitative estimate of drug-likeness (QED) is 0.666. The maximum absolute atomic E-state index is 13.3. The topological polar surface area (TPSA) is 29.1 Å². The highest BCUT2D eigenvalue weighted by molar-refractivity contribution is 6.21. The lowest BCUT2D eigenvalue weighted by molar-refractivity contribution is 0.0947. The molecule has 0 aliphatic heterocycles. The number of hydrogen-bond donors (Lipinski definition) is 1. The van der Waals surface area contributed by atoms with Crippen molar-refractivity contribution in [2.45, 2.75) is 19.2 Å². The third-order valence-corrected chi connectivity index (χ3v) is 3.12. The van der Waals surface area contributed by atoms with Gasteiger partial charge in [-0.1, -0.05) is 13.8 Å². The highest BCUT2D eigenvalue weighted by Gasteiger charge is 2.19. The van der Waals surface area contributed by atoms with Crippen molar-refractivity contribution in [1.29, 1.82) is 0 Å². The lowest BCUT2D eigenvalue weighted by Crippen LogP contribution is -2.32. The smallest absolute Gasteiger partial charge is 0.254 e. The molecular formula is C12H13ClF3NO. The van der Waals surface area contributed by atoms with Crippen molar-refractivity contribution < 1.29 is 18.0 Å². The van der Waals surface area contributed by atoms with E-state index in [1.54, 1.807) is 0 Å². The van der Waals surface area contributed by atoms with E-state index in [-0.39, 0.29) is 17.8 Å². The summed E-state index contributed by atoms with van der Waals surface area (Å²) in [6.07, 6.45) is 0. The van der Waals surface area contributed by atoms with Gasteiger partial charge in [0.05, 0.1) is 10.9 Å². The number of benzene rings is 1. The summed E-state index contributed by atoms with van der Waals surface area (Å²) in [5.41, 5.74) is -0.540. The standard InChI is InChI=1S/C12H13ClF3NO/c1-6(2)8(13)5-17-12(18)7-3-4-9(14)11(16)10(7)15/h3-4,6,8H,5H2,1-2H3,(H,17,18). The summed E-state index contributed by atoms with van der Waals surface area (Å²) in [7, 11) is 0. The van der Waals surface area contributed by atoms with Crippen LogP contribution in [0.5, 0.6) is 0 Å². The van der Waals surface area contributed by atoms with Crippen LogP contribution in [0.1, 0.15) is 24.2 Å². The van der Waals surface area contributed by atoms with Crippen LogP contribution < -0.4 is 5.32 Å². The fourth-order valence-corrected chi connectivity index (χ4v) is 1.30. The number of carbonyl (C=O) groups is 1. The average Bonchev–Trinajstić information content (AvgIpc) is 2.32. The monoisotopic (exact) mass is 279 g/mol. The Morgan fingerprint density at radius 1 is 1.28 bits per heavy atom. The molecule has 0 bridgehead atoms. The number of amides is 1. The Bertz CT molecular complexity index is 451. The van der Waals surface area contributed by atoms with Crippen molar-refractivity contribution in [1.82, 2.24) is 5.32 Å². The minimum absolute atomic E-state index is 0.122. The predicted molar refractivity (Wildman–Crippen MR) is 63.1 cm³/mol. The van der Waals surface area contributed by atoms with Crippen molar-refractivity contribution in [2.75, 3.05) is 6.54 Å². The molecule has 2 nitrogen and oxygen atoms in total. The molecule has 0 spiro atoms. The third-order valence-electron chi connectivity index (χ3n) is 2.46. The van der Waals surface area contributed by atoms with E-state index < -0.39 is 28.9 Å². The van der Waals surface area contributed by atoms with Crippen LogP contribution in [0.2, 0.25) is 0 Å². The molecule has 0 fully saturated rings. The molecule has 1 unspecified atom stereocenters. The van der Waals surface area contributed by atoms with Crippen molar-refractivity contribution in [3.63, 3.8) is 0 Å². The maximum Gasteiger partial charge on any atom is 0.254 e. The summed E-state index contributed by atoms with van der Waals surface area (Å²) < 4.78 is 38.9. The number of rotatable bonds is 4. The average molecular weight is 280 g/mol. The van der Waals surface area contributed by atoms with E-state index in [4.69, 9.17) is 11.6 Å². The van der Waals surface area contributed by atoms with Gasteiger partial charge in [0.1, 0.15) is 0 Å². The van der Waals surface area contributed by atoms with E-state index in [2.05, 4.69) is 5.32 Å². The van der Waals surface area contributed by atoms with E-state index in [1.807, 2.05) is 13.8 Å². The van der Waals surface area contributed by atoms with Gasteiger partial charge in [0.15, 0.2) is 17.5 Å². The molecule has 0 aliphatic carbocycles. The zero-order chi connectivity index (χ0) is 13.9. The highest BCUT2D eigenvalue weighted by atomic mass is 35.5.